The fraction of sp³-hybridized carbons (Fsp3) is 0.440. The van der Waals surface area contributed by atoms with E-state index in [0.29, 0.717) is 38.2 Å². The van der Waals surface area contributed by atoms with Crippen molar-refractivity contribution in [1.82, 2.24) is 20.1 Å². The highest BCUT2D eigenvalue weighted by molar-refractivity contribution is 5.95. The molecule has 1 aromatic carbocycles. The molecule has 7 nitrogen and oxygen atoms in total. The highest BCUT2D eigenvalue weighted by atomic mass is 16.2. The van der Waals surface area contributed by atoms with Gasteiger partial charge >= 0.3 is 0 Å². The van der Waals surface area contributed by atoms with Crippen molar-refractivity contribution in [2.75, 3.05) is 26.2 Å². The van der Waals surface area contributed by atoms with Gasteiger partial charge in [0.25, 0.3) is 5.91 Å². The third-order valence-electron chi connectivity index (χ3n) is 6.24. The average Bonchev–Trinajstić information content (AvgIpc) is 3.65. The molecular weight excluding hydrogens is 404 g/mol. The molecule has 4 rings (SSSR count). The molecule has 0 spiro atoms. The third-order valence-corrected chi connectivity index (χ3v) is 6.24. The lowest BCUT2D eigenvalue weighted by atomic mass is 10.0. The predicted octanol–water partition coefficient (Wildman–Crippen LogP) is 2.72. The first-order valence-corrected chi connectivity index (χ1v) is 11.4. The van der Waals surface area contributed by atoms with Crippen LogP contribution in [-0.4, -0.2) is 58.7 Å². The van der Waals surface area contributed by atoms with E-state index in [4.69, 9.17) is 0 Å². The summed E-state index contributed by atoms with van der Waals surface area (Å²) < 4.78 is 0. The van der Waals surface area contributed by atoms with E-state index < -0.39 is 0 Å². The number of aromatic nitrogens is 1. The Bertz CT molecular complexity index is 974. The van der Waals surface area contributed by atoms with Crippen LogP contribution in [0.1, 0.15) is 53.2 Å². The number of carbonyl (C=O) groups is 3. The molecule has 2 fully saturated rings. The molecule has 1 saturated carbocycles. The van der Waals surface area contributed by atoms with Crippen LogP contribution in [0.2, 0.25) is 0 Å². The molecule has 1 aromatic heterocycles. The number of nitrogens with one attached hydrogen (secondary N) is 1. The van der Waals surface area contributed by atoms with Gasteiger partial charge in [-0.1, -0.05) is 30.3 Å². The van der Waals surface area contributed by atoms with Crippen molar-refractivity contribution in [3.05, 3.63) is 65.5 Å². The Labute approximate surface area is 188 Å². The Hall–Kier alpha value is -3.22. The van der Waals surface area contributed by atoms with Crippen LogP contribution in [0.3, 0.4) is 0 Å². The Balaban J connectivity index is 1.57. The lowest BCUT2D eigenvalue weighted by Crippen LogP contribution is -2.39. The Morgan fingerprint density at radius 1 is 1.06 bits per heavy atom. The summed E-state index contributed by atoms with van der Waals surface area (Å²) in [7, 11) is 0. The van der Waals surface area contributed by atoms with Crippen LogP contribution in [0, 0.1) is 12.8 Å². The van der Waals surface area contributed by atoms with Gasteiger partial charge in [0.2, 0.25) is 11.8 Å². The second-order valence-corrected chi connectivity index (χ2v) is 8.62. The second kappa shape index (κ2) is 9.94. The number of hydrogen-bond acceptors (Lipinski definition) is 4. The lowest BCUT2D eigenvalue weighted by molar-refractivity contribution is -0.136. The number of rotatable bonds is 3. The smallest absolute Gasteiger partial charge is 0.255 e. The van der Waals surface area contributed by atoms with Gasteiger partial charge in [-0.2, -0.15) is 0 Å². The molecule has 1 aliphatic heterocycles. The van der Waals surface area contributed by atoms with Crippen LogP contribution >= 0.6 is 0 Å². The summed E-state index contributed by atoms with van der Waals surface area (Å²) in [6, 6.07) is 11.3. The number of pyridine rings is 1. The minimum atomic E-state index is -0.299. The molecule has 168 valence electrons. The molecule has 0 bridgehead atoms. The molecule has 2 aromatic rings. The van der Waals surface area contributed by atoms with Gasteiger partial charge in [0.15, 0.2) is 0 Å². The normalized spacial score (nSPS) is 20.3. The Kier molecular flexibility index (Phi) is 6.83. The zero-order valence-electron chi connectivity index (χ0n) is 18.5. The monoisotopic (exact) mass is 434 g/mol. The van der Waals surface area contributed by atoms with Crippen LogP contribution in [0.15, 0.2) is 48.8 Å². The van der Waals surface area contributed by atoms with Crippen LogP contribution < -0.4 is 5.32 Å². The average molecular weight is 435 g/mol. The lowest BCUT2D eigenvalue weighted by Gasteiger charge is -2.32. The standard InChI is InChI=1S/C25H30N4O3/c1-18-10-11-26-17-21(18)25(32)28-13-5-14-29(24(31)20-8-9-20)22(16-23(30)27-12-15-28)19-6-3-2-4-7-19/h2-4,6-7,10-11,17,20,22H,5,8-9,12-16H2,1H3,(H,27,30). The molecule has 2 aliphatic rings. The summed E-state index contributed by atoms with van der Waals surface area (Å²) in [6.07, 6.45) is 5.96. The van der Waals surface area contributed by atoms with Crippen molar-refractivity contribution < 1.29 is 14.4 Å². The van der Waals surface area contributed by atoms with Gasteiger partial charge in [-0.05, 0) is 43.4 Å². The largest absolute Gasteiger partial charge is 0.354 e. The van der Waals surface area contributed by atoms with E-state index in [2.05, 4.69) is 10.3 Å². The molecule has 1 aliphatic carbocycles. The number of benzene rings is 1. The molecule has 0 radical (unpaired) electrons. The van der Waals surface area contributed by atoms with Crippen molar-refractivity contribution in [3.63, 3.8) is 0 Å². The van der Waals surface area contributed by atoms with Gasteiger partial charge in [-0.3, -0.25) is 19.4 Å². The molecule has 1 saturated heterocycles. The summed E-state index contributed by atoms with van der Waals surface area (Å²) in [5.41, 5.74) is 2.41. The van der Waals surface area contributed by atoms with E-state index in [-0.39, 0.29) is 36.1 Å². The van der Waals surface area contributed by atoms with E-state index in [0.717, 1.165) is 24.0 Å². The molecule has 2 heterocycles. The van der Waals surface area contributed by atoms with Crippen molar-refractivity contribution in [2.45, 2.75) is 38.6 Å². The van der Waals surface area contributed by atoms with E-state index in [1.54, 1.807) is 17.3 Å². The fourth-order valence-corrected chi connectivity index (χ4v) is 4.25. The van der Waals surface area contributed by atoms with Gasteiger partial charge in [-0.25, -0.2) is 0 Å². The maximum atomic E-state index is 13.2. The molecule has 1 N–H and O–H groups in total. The number of nitrogens with zero attached hydrogens (tertiary/aromatic N) is 3. The fourth-order valence-electron chi connectivity index (χ4n) is 4.25. The van der Waals surface area contributed by atoms with Gasteiger partial charge in [-0.15, -0.1) is 0 Å². The molecule has 1 atom stereocenters. The molecular formula is C25H30N4O3. The van der Waals surface area contributed by atoms with Crippen molar-refractivity contribution in [3.8, 4) is 0 Å². The van der Waals surface area contributed by atoms with Crippen molar-refractivity contribution in [1.29, 1.82) is 0 Å². The van der Waals surface area contributed by atoms with Gasteiger partial charge in [0.1, 0.15) is 0 Å². The minimum absolute atomic E-state index is 0.0604. The summed E-state index contributed by atoms with van der Waals surface area (Å²) in [6.45, 7) is 3.72. The predicted molar refractivity (Wildman–Crippen MR) is 121 cm³/mol. The quantitative estimate of drug-likeness (QED) is 0.805. The molecule has 32 heavy (non-hydrogen) atoms. The SMILES string of the molecule is Cc1ccncc1C(=O)N1CCCN(C(=O)C2CC2)C(c2ccccc2)CC(=O)NCC1. The van der Waals surface area contributed by atoms with Gasteiger partial charge < -0.3 is 15.1 Å². The summed E-state index contributed by atoms with van der Waals surface area (Å²) in [5, 5.41) is 2.95. The number of carbonyl (C=O) groups excluding carboxylic acids is 3. The maximum absolute atomic E-state index is 13.2. The molecule has 7 heteroatoms. The van der Waals surface area contributed by atoms with E-state index in [9.17, 15) is 14.4 Å². The van der Waals surface area contributed by atoms with Crippen LogP contribution in [0.5, 0.6) is 0 Å². The topological polar surface area (TPSA) is 82.6 Å². The molecule has 1 unspecified atom stereocenters. The van der Waals surface area contributed by atoms with E-state index in [1.807, 2.05) is 48.2 Å². The van der Waals surface area contributed by atoms with E-state index in [1.165, 1.54) is 0 Å². The Morgan fingerprint density at radius 3 is 2.56 bits per heavy atom. The first kappa shape index (κ1) is 22.0. The highest BCUT2D eigenvalue weighted by Gasteiger charge is 2.37. The van der Waals surface area contributed by atoms with Crippen LogP contribution in [-0.2, 0) is 9.59 Å². The number of amides is 3. The van der Waals surface area contributed by atoms with Gasteiger partial charge in [0.05, 0.1) is 18.0 Å². The Morgan fingerprint density at radius 2 is 1.84 bits per heavy atom. The van der Waals surface area contributed by atoms with Gasteiger partial charge in [0, 0.05) is 44.5 Å². The van der Waals surface area contributed by atoms with Crippen LogP contribution in [0.4, 0.5) is 0 Å². The first-order valence-electron chi connectivity index (χ1n) is 11.4. The second-order valence-electron chi connectivity index (χ2n) is 8.62. The first-order chi connectivity index (χ1) is 15.5. The van der Waals surface area contributed by atoms with Crippen molar-refractivity contribution in [2.24, 2.45) is 5.92 Å². The number of hydrogen-bond donors (Lipinski definition) is 1. The minimum Gasteiger partial charge on any atom is -0.354 e. The zero-order chi connectivity index (χ0) is 22.5. The maximum Gasteiger partial charge on any atom is 0.255 e. The zero-order valence-corrected chi connectivity index (χ0v) is 18.5. The van der Waals surface area contributed by atoms with Crippen molar-refractivity contribution >= 4 is 17.7 Å². The third kappa shape index (κ3) is 5.15. The van der Waals surface area contributed by atoms with Crippen LogP contribution in [0.25, 0.3) is 0 Å². The summed E-state index contributed by atoms with van der Waals surface area (Å²) in [5.74, 6) is -0.0276. The van der Waals surface area contributed by atoms with E-state index >= 15 is 0 Å². The molecule has 3 amide bonds. The highest BCUT2D eigenvalue weighted by Crippen LogP contribution is 2.35. The number of aryl methyl sites for hydroxylation is 1. The summed E-state index contributed by atoms with van der Waals surface area (Å²) >= 11 is 0. The summed E-state index contributed by atoms with van der Waals surface area (Å²) in [4.78, 5) is 46.9.